The van der Waals surface area contributed by atoms with Gasteiger partial charge in [0.2, 0.25) is 0 Å². The van der Waals surface area contributed by atoms with Crippen LogP contribution in [0.3, 0.4) is 0 Å². The van der Waals surface area contributed by atoms with Gasteiger partial charge in [-0.25, -0.2) is 9.36 Å². The summed E-state index contributed by atoms with van der Waals surface area (Å²) in [5.74, 6) is 0. The molecule has 0 fully saturated rings. The third-order valence-electron chi connectivity index (χ3n) is 2.27. The topological polar surface area (TPSA) is 65.1 Å². The van der Waals surface area contributed by atoms with Gasteiger partial charge in [-0.1, -0.05) is 18.2 Å². The molecule has 0 aliphatic carbocycles. The molecule has 0 atom stereocenters. The first-order chi connectivity index (χ1) is 9.59. The summed E-state index contributed by atoms with van der Waals surface area (Å²) >= 11 is 0. The van der Waals surface area contributed by atoms with Crippen LogP contribution in [0.25, 0.3) is 0 Å². The number of carbonyl (C=O) groups excluding carboxylic acids is 1. The molecular formula is C13H20NO5P. The molecule has 1 rings (SSSR count). The van der Waals surface area contributed by atoms with E-state index < -0.39 is 13.8 Å². The molecule has 0 bridgehead atoms. The SMILES string of the molecule is CCOC(=O)N(c1ccccc1)P(=O)(OCC)OCC. The number of hydrogen-bond donors (Lipinski definition) is 0. The van der Waals surface area contributed by atoms with Crippen LogP contribution in [0, 0.1) is 0 Å². The molecule has 0 spiro atoms. The van der Waals surface area contributed by atoms with E-state index in [9.17, 15) is 9.36 Å². The zero-order valence-corrected chi connectivity index (χ0v) is 12.8. The molecule has 112 valence electrons. The highest BCUT2D eigenvalue weighted by molar-refractivity contribution is 7.56. The van der Waals surface area contributed by atoms with E-state index in [2.05, 4.69) is 0 Å². The number of ether oxygens (including phenoxy) is 1. The fraction of sp³-hybridized carbons (Fsp3) is 0.462. The third-order valence-corrected chi connectivity index (χ3v) is 4.32. The van der Waals surface area contributed by atoms with Crippen molar-refractivity contribution in [2.45, 2.75) is 20.8 Å². The first-order valence-electron chi connectivity index (χ1n) is 6.50. The Hall–Kier alpha value is -1.36. The third kappa shape index (κ3) is 4.07. The zero-order chi connectivity index (χ0) is 15.0. The number of para-hydroxylation sites is 1. The molecule has 0 N–H and O–H groups in total. The minimum absolute atomic E-state index is 0.153. The highest BCUT2D eigenvalue weighted by Gasteiger charge is 2.39. The zero-order valence-electron chi connectivity index (χ0n) is 11.9. The lowest BCUT2D eigenvalue weighted by Crippen LogP contribution is -2.30. The Labute approximate surface area is 119 Å². The predicted octanol–water partition coefficient (Wildman–Crippen LogP) is 3.83. The highest BCUT2D eigenvalue weighted by Crippen LogP contribution is 2.54. The van der Waals surface area contributed by atoms with Gasteiger partial charge in [0, 0.05) is 0 Å². The molecule has 6 nitrogen and oxygen atoms in total. The molecule has 7 heteroatoms. The van der Waals surface area contributed by atoms with Crippen LogP contribution in [0.4, 0.5) is 10.5 Å². The summed E-state index contributed by atoms with van der Waals surface area (Å²) in [4.78, 5) is 12.1. The Morgan fingerprint density at radius 1 is 1.05 bits per heavy atom. The lowest BCUT2D eigenvalue weighted by atomic mass is 10.3. The fourth-order valence-corrected chi connectivity index (χ4v) is 3.21. The summed E-state index contributed by atoms with van der Waals surface area (Å²) in [6.07, 6.45) is -0.760. The molecule has 0 aromatic heterocycles. The van der Waals surface area contributed by atoms with Crippen molar-refractivity contribution in [3.63, 3.8) is 0 Å². The molecule has 0 radical (unpaired) electrons. The van der Waals surface area contributed by atoms with Crippen LogP contribution in [0.15, 0.2) is 30.3 Å². The molecule has 0 saturated carbocycles. The molecular weight excluding hydrogens is 281 g/mol. The second-order valence-corrected chi connectivity index (χ2v) is 5.50. The van der Waals surface area contributed by atoms with Gasteiger partial charge in [0.15, 0.2) is 0 Å². The van der Waals surface area contributed by atoms with Crippen molar-refractivity contribution in [2.24, 2.45) is 0 Å². The van der Waals surface area contributed by atoms with Crippen LogP contribution in [-0.2, 0) is 18.3 Å². The monoisotopic (exact) mass is 301 g/mol. The van der Waals surface area contributed by atoms with Crippen molar-refractivity contribution in [1.82, 2.24) is 0 Å². The molecule has 0 unspecified atom stereocenters. The number of amides is 1. The number of hydrogen-bond acceptors (Lipinski definition) is 5. The molecule has 1 aromatic rings. The van der Waals surface area contributed by atoms with E-state index in [0.717, 1.165) is 4.67 Å². The van der Waals surface area contributed by atoms with Gasteiger partial charge in [-0.05, 0) is 32.9 Å². The minimum atomic E-state index is -3.78. The maximum Gasteiger partial charge on any atom is 0.444 e. The average molecular weight is 301 g/mol. The fourth-order valence-electron chi connectivity index (χ4n) is 1.58. The molecule has 0 heterocycles. The summed E-state index contributed by atoms with van der Waals surface area (Å²) in [5, 5.41) is 0. The van der Waals surface area contributed by atoms with Crippen LogP contribution < -0.4 is 4.67 Å². The van der Waals surface area contributed by atoms with Gasteiger partial charge in [-0.3, -0.25) is 9.05 Å². The minimum Gasteiger partial charge on any atom is -0.449 e. The summed E-state index contributed by atoms with van der Waals surface area (Å²) in [5.41, 5.74) is 0.399. The smallest absolute Gasteiger partial charge is 0.444 e. The van der Waals surface area contributed by atoms with E-state index in [1.54, 1.807) is 51.1 Å². The van der Waals surface area contributed by atoms with Gasteiger partial charge in [-0.15, -0.1) is 0 Å². The molecule has 0 saturated heterocycles. The molecule has 20 heavy (non-hydrogen) atoms. The Kier molecular flexibility index (Phi) is 6.71. The Morgan fingerprint density at radius 2 is 1.60 bits per heavy atom. The Morgan fingerprint density at radius 3 is 2.05 bits per heavy atom. The van der Waals surface area contributed by atoms with Crippen LogP contribution in [0.2, 0.25) is 0 Å². The lowest BCUT2D eigenvalue weighted by Gasteiger charge is -2.28. The van der Waals surface area contributed by atoms with Gasteiger partial charge in [0.1, 0.15) is 0 Å². The van der Waals surface area contributed by atoms with Gasteiger partial charge in [-0.2, -0.15) is 4.67 Å². The molecule has 1 amide bonds. The number of benzene rings is 1. The first-order valence-corrected chi connectivity index (χ1v) is 8.00. The predicted molar refractivity (Wildman–Crippen MR) is 76.8 cm³/mol. The van der Waals surface area contributed by atoms with Crippen molar-refractivity contribution in [1.29, 1.82) is 0 Å². The van der Waals surface area contributed by atoms with Crippen molar-refractivity contribution in [2.75, 3.05) is 24.5 Å². The first kappa shape index (κ1) is 16.7. The largest absolute Gasteiger partial charge is 0.449 e. The number of anilines is 1. The number of nitrogens with zero attached hydrogens (tertiary/aromatic N) is 1. The van der Waals surface area contributed by atoms with E-state index in [0.29, 0.717) is 5.69 Å². The van der Waals surface area contributed by atoms with E-state index in [4.69, 9.17) is 13.8 Å². The van der Waals surface area contributed by atoms with Gasteiger partial charge in [0.25, 0.3) is 0 Å². The number of carbonyl (C=O) groups is 1. The molecule has 0 aliphatic heterocycles. The highest BCUT2D eigenvalue weighted by atomic mass is 31.2. The molecule has 1 aromatic carbocycles. The Balaban J connectivity index is 3.21. The van der Waals surface area contributed by atoms with Crippen LogP contribution in [-0.4, -0.2) is 25.9 Å². The standard InChI is InChI=1S/C13H20NO5P/c1-4-17-13(15)14(12-10-8-7-9-11-12)20(16,18-5-2)19-6-3/h7-11H,4-6H2,1-3H3. The quantitative estimate of drug-likeness (QED) is 0.716. The van der Waals surface area contributed by atoms with Crippen molar-refractivity contribution in [3.8, 4) is 0 Å². The summed E-state index contributed by atoms with van der Waals surface area (Å²) in [7, 11) is -3.78. The van der Waals surface area contributed by atoms with Crippen LogP contribution >= 0.6 is 7.75 Å². The van der Waals surface area contributed by atoms with Crippen molar-refractivity contribution in [3.05, 3.63) is 30.3 Å². The van der Waals surface area contributed by atoms with E-state index in [1.165, 1.54) is 0 Å². The van der Waals surface area contributed by atoms with Crippen molar-refractivity contribution < 1.29 is 23.1 Å². The van der Waals surface area contributed by atoms with E-state index >= 15 is 0 Å². The molecule has 0 aliphatic rings. The average Bonchev–Trinajstić information content (AvgIpc) is 2.40. The van der Waals surface area contributed by atoms with E-state index in [-0.39, 0.29) is 19.8 Å². The maximum absolute atomic E-state index is 12.8. The summed E-state index contributed by atoms with van der Waals surface area (Å²) in [6.45, 7) is 5.51. The Bertz CT molecular complexity index is 455. The summed E-state index contributed by atoms with van der Waals surface area (Å²) < 4.78 is 29.1. The van der Waals surface area contributed by atoms with Crippen LogP contribution in [0.1, 0.15) is 20.8 Å². The lowest BCUT2D eigenvalue weighted by molar-refractivity contribution is 0.157. The second kappa shape index (κ2) is 8.04. The van der Waals surface area contributed by atoms with Gasteiger partial charge >= 0.3 is 13.8 Å². The summed E-state index contributed by atoms with van der Waals surface area (Å²) in [6, 6.07) is 8.52. The second-order valence-electron chi connectivity index (χ2n) is 3.65. The van der Waals surface area contributed by atoms with Gasteiger partial charge < -0.3 is 4.74 Å². The number of rotatable bonds is 7. The maximum atomic E-state index is 12.8. The normalized spacial score (nSPS) is 11.2. The van der Waals surface area contributed by atoms with Gasteiger partial charge in [0.05, 0.1) is 25.5 Å². The van der Waals surface area contributed by atoms with E-state index in [1.807, 2.05) is 0 Å². The van der Waals surface area contributed by atoms with Crippen LogP contribution in [0.5, 0.6) is 0 Å². The van der Waals surface area contributed by atoms with Crippen molar-refractivity contribution >= 4 is 19.5 Å².